The Bertz CT molecular complexity index is 1170. The van der Waals surface area contributed by atoms with Gasteiger partial charge in [0.2, 0.25) is 0 Å². The van der Waals surface area contributed by atoms with Crippen molar-refractivity contribution in [1.82, 2.24) is 25.2 Å². The van der Waals surface area contributed by atoms with E-state index in [9.17, 15) is 4.79 Å². The third-order valence-electron chi connectivity index (χ3n) is 4.36. The fourth-order valence-electron chi connectivity index (χ4n) is 2.85. The van der Waals surface area contributed by atoms with Gasteiger partial charge in [0.05, 0.1) is 17.7 Å². The number of aromatic nitrogens is 4. The molecular weight excluding hydrogens is 408 g/mol. The van der Waals surface area contributed by atoms with Crippen molar-refractivity contribution in [1.29, 1.82) is 0 Å². The summed E-state index contributed by atoms with van der Waals surface area (Å²) in [6.07, 6.45) is 3.17. The second kappa shape index (κ2) is 9.82. The Balaban J connectivity index is 1.51. The molecule has 31 heavy (non-hydrogen) atoms. The number of hydrazone groups is 1. The summed E-state index contributed by atoms with van der Waals surface area (Å²) in [6.45, 7) is 2.04. The Kier molecular flexibility index (Phi) is 6.49. The van der Waals surface area contributed by atoms with Crippen LogP contribution < -0.4 is 5.43 Å². The number of carbonyl (C=O) groups excluding carboxylic acids is 1. The van der Waals surface area contributed by atoms with E-state index in [0.717, 1.165) is 22.6 Å². The summed E-state index contributed by atoms with van der Waals surface area (Å²) in [5.74, 6) is 0.635. The zero-order valence-electron chi connectivity index (χ0n) is 16.8. The Morgan fingerprint density at radius 1 is 1.03 bits per heavy atom. The number of hydrogen-bond acceptors (Lipinski definition) is 6. The van der Waals surface area contributed by atoms with Gasteiger partial charge in [-0.3, -0.25) is 14.3 Å². The van der Waals surface area contributed by atoms with Crippen molar-refractivity contribution in [3.63, 3.8) is 0 Å². The summed E-state index contributed by atoms with van der Waals surface area (Å²) in [6, 6.07) is 23.5. The van der Waals surface area contributed by atoms with Crippen LogP contribution in [0.2, 0.25) is 0 Å². The fourth-order valence-corrected chi connectivity index (χ4v) is 3.59. The quantitative estimate of drug-likeness (QED) is 0.274. The van der Waals surface area contributed by atoms with Gasteiger partial charge >= 0.3 is 0 Å². The highest BCUT2D eigenvalue weighted by Gasteiger charge is 2.17. The van der Waals surface area contributed by atoms with Gasteiger partial charge in [-0.05, 0) is 31.2 Å². The molecule has 0 atom stereocenters. The van der Waals surface area contributed by atoms with E-state index in [0.29, 0.717) is 10.9 Å². The Hall–Kier alpha value is -3.78. The summed E-state index contributed by atoms with van der Waals surface area (Å²) in [5, 5.41) is 13.3. The van der Waals surface area contributed by atoms with Crippen LogP contribution in [0, 0.1) is 6.92 Å². The smallest absolute Gasteiger partial charge is 0.250 e. The van der Waals surface area contributed by atoms with Crippen molar-refractivity contribution in [3.8, 4) is 17.1 Å². The number of carbonyl (C=O) groups is 1. The number of rotatable bonds is 7. The highest BCUT2D eigenvalue weighted by molar-refractivity contribution is 7.99. The Labute approximate surface area is 184 Å². The first-order chi connectivity index (χ1) is 15.2. The van der Waals surface area contributed by atoms with Gasteiger partial charge in [-0.1, -0.05) is 65.9 Å². The number of amides is 1. The molecule has 4 aromatic rings. The zero-order valence-corrected chi connectivity index (χ0v) is 17.7. The summed E-state index contributed by atoms with van der Waals surface area (Å²) in [4.78, 5) is 16.4. The van der Waals surface area contributed by atoms with E-state index in [-0.39, 0.29) is 11.7 Å². The molecule has 0 bridgehead atoms. The molecule has 0 unspecified atom stereocenters. The molecule has 1 amide bonds. The van der Waals surface area contributed by atoms with Gasteiger partial charge in [0, 0.05) is 17.4 Å². The normalized spacial score (nSPS) is 11.0. The molecule has 0 fully saturated rings. The average Bonchev–Trinajstić information content (AvgIpc) is 3.23. The minimum absolute atomic E-state index is 0.151. The predicted octanol–water partition coefficient (Wildman–Crippen LogP) is 3.88. The standard InChI is InChI=1S/C23H20N6OS/c1-17-10-12-20(13-11-17)29-22(18-7-3-2-4-8-18)27-28-23(29)31-16-21(30)26-25-15-19-9-5-6-14-24-19/h2-15H,16H2,1H3,(H,26,30)/b25-15+. The van der Waals surface area contributed by atoms with Crippen molar-refractivity contribution in [2.75, 3.05) is 5.75 Å². The van der Waals surface area contributed by atoms with Gasteiger partial charge in [0.25, 0.3) is 5.91 Å². The maximum Gasteiger partial charge on any atom is 0.250 e. The van der Waals surface area contributed by atoms with E-state index in [1.54, 1.807) is 12.3 Å². The Morgan fingerprint density at radius 3 is 2.55 bits per heavy atom. The van der Waals surface area contributed by atoms with Crippen LogP contribution in [0.15, 0.2) is 89.3 Å². The fraction of sp³-hybridized carbons (Fsp3) is 0.0870. The highest BCUT2D eigenvalue weighted by Crippen LogP contribution is 2.28. The van der Waals surface area contributed by atoms with Crippen LogP contribution in [0.5, 0.6) is 0 Å². The van der Waals surface area contributed by atoms with Gasteiger partial charge in [0.15, 0.2) is 11.0 Å². The first kappa shape index (κ1) is 20.5. The van der Waals surface area contributed by atoms with Crippen LogP contribution in [0.1, 0.15) is 11.3 Å². The van der Waals surface area contributed by atoms with Crippen molar-refractivity contribution in [2.24, 2.45) is 5.10 Å². The average molecular weight is 429 g/mol. The lowest BCUT2D eigenvalue weighted by atomic mass is 10.2. The minimum Gasteiger partial charge on any atom is -0.272 e. The van der Waals surface area contributed by atoms with Gasteiger partial charge in [-0.2, -0.15) is 5.10 Å². The second-order valence-electron chi connectivity index (χ2n) is 6.68. The lowest BCUT2D eigenvalue weighted by Gasteiger charge is -2.10. The molecule has 2 heterocycles. The molecule has 4 rings (SSSR count). The maximum atomic E-state index is 12.3. The number of pyridine rings is 1. The molecule has 0 aliphatic heterocycles. The summed E-state index contributed by atoms with van der Waals surface area (Å²) in [5.41, 5.74) is 6.24. The number of aryl methyl sites for hydroxylation is 1. The highest BCUT2D eigenvalue weighted by atomic mass is 32.2. The molecule has 8 heteroatoms. The second-order valence-corrected chi connectivity index (χ2v) is 7.62. The van der Waals surface area contributed by atoms with E-state index in [4.69, 9.17) is 0 Å². The van der Waals surface area contributed by atoms with Crippen molar-refractivity contribution < 1.29 is 4.79 Å². The van der Waals surface area contributed by atoms with Crippen LogP contribution in [-0.2, 0) is 4.79 Å². The monoisotopic (exact) mass is 428 g/mol. The van der Waals surface area contributed by atoms with E-state index < -0.39 is 0 Å². The largest absolute Gasteiger partial charge is 0.272 e. The molecule has 0 aliphatic rings. The molecule has 0 saturated carbocycles. The van der Waals surface area contributed by atoms with E-state index >= 15 is 0 Å². The number of nitrogens with one attached hydrogen (secondary N) is 1. The van der Waals surface area contributed by atoms with Gasteiger partial charge in [-0.15, -0.1) is 10.2 Å². The molecule has 7 nitrogen and oxygen atoms in total. The lowest BCUT2D eigenvalue weighted by Crippen LogP contribution is -2.20. The number of benzene rings is 2. The summed E-state index contributed by atoms with van der Waals surface area (Å²) >= 11 is 1.30. The number of nitrogens with zero attached hydrogens (tertiary/aromatic N) is 5. The molecule has 0 radical (unpaired) electrons. The first-order valence-electron chi connectivity index (χ1n) is 9.64. The SMILES string of the molecule is Cc1ccc(-n2c(SCC(=O)N/N=C/c3ccccn3)nnc2-c2ccccc2)cc1. The van der Waals surface area contributed by atoms with Crippen LogP contribution in [0.25, 0.3) is 17.1 Å². The van der Waals surface area contributed by atoms with Crippen molar-refractivity contribution >= 4 is 23.9 Å². The maximum absolute atomic E-state index is 12.3. The number of hydrogen-bond donors (Lipinski definition) is 1. The Morgan fingerprint density at radius 2 is 1.81 bits per heavy atom. The molecule has 154 valence electrons. The van der Waals surface area contributed by atoms with Crippen LogP contribution in [0.4, 0.5) is 0 Å². The molecule has 0 spiro atoms. The van der Waals surface area contributed by atoms with E-state index in [1.807, 2.05) is 78.2 Å². The molecule has 1 N–H and O–H groups in total. The lowest BCUT2D eigenvalue weighted by molar-refractivity contribution is -0.118. The summed E-state index contributed by atoms with van der Waals surface area (Å²) in [7, 11) is 0. The topological polar surface area (TPSA) is 85.1 Å². The van der Waals surface area contributed by atoms with Crippen LogP contribution in [-0.4, -0.2) is 37.6 Å². The molecule has 2 aromatic heterocycles. The van der Waals surface area contributed by atoms with Gasteiger partial charge in [0.1, 0.15) is 0 Å². The van der Waals surface area contributed by atoms with Crippen molar-refractivity contribution in [3.05, 3.63) is 90.3 Å². The van der Waals surface area contributed by atoms with Crippen LogP contribution in [0.3, 0.4) is 0 Å². The first-order valence-corrected chi connectivity index (χ1v) is 10.6. The minimum atomic E-state index is -0.239. The van der Waals surface area contributed by atoms with E-state index in [2.05, 4.69) is 25.7 Å². The molecule has 2 aromatic carbocycles. The van der Waals surface area contributed by atoms with E-state index in [1.165, 1.54) is 18.0 Å². The van der Waals surface area contributed by atoms with Gasteiger partial charge < -0.3 is 0 Å². The third kappa shape index (κ3) is 5.23. The number of thioether (sulfide) groups is 1. The molecule has 0 aliphatic carbocycles. The molecule has 0 saturated heterocycles. The van der Waals surface area contributed by atoms with Crippen LogP contribution >= 0.6 is 11.8 Å². The van der Waals surface area contributed by atoms with Crippen molar-refractivity contribution in [2.45, 2.75) is 12.1 Å². The summed E-state index contributed by atoms with van der Waals surface area (Å²) < 4.78 is 1.96. The predicted molar refractivity (Wildman–Crippen MR) is 122 cm³/mol. The zero-order chi connectivity index (χ0) is 21.5. The molecular formula is C23H20N6OS. The van der Waals surface area contributed by atoms with Gasteiger partial charge in [-0.25, -0.2) is 5.43 Å². The third-order valence-corrected chi connectivity index (χ3v) is 5.29.